The van der Waals surface area contributed by atoms with Gasteiger partial charge < -0.3 is 14.8 Å². The molecule has 106 valence electrons. The summed E-state index contributed by atoms with van der Waals surface area (Å²) in [6.45, 7) is 7.05. The summed E-state index contributed by atoms with van der Waals surface area (Å²) in [5.41, 5.74) is 0. The van der Waals surface area contributed by atoms with Crippen LogP contribution in [0, 0.1) is 5.92 Å². The van der Waals surface area contributed by atoms with E-state index in [0.29, 0.717) is 18.6 Å². The molecule has 0 spiro atoms. The fraction of sp³-hybridized carbons (Fsp3) is 0.667. The van der Waals surface area contributed by atoms with Crippen LogP contribution in [0.25, 0.3) is 0 Å². The number of ether oxygens (including phenoxy) is 2. The first-order valence-electron chi connectivity index (χ1n) is 7.13. The van der Waals surface area contributed by atoms with Gasteiger partial charge in [0, 0.05) is 12.7 Å². The van der Waals surface area contributed by atoms with Crippen LogP contribution in [0.4, 0.5) is 0 Å². The second-order valence-corrected chi connectivity index (χ2v) is 5.51. The number of hydrogen-bond acceptors (Lipinski definition) is 4. The molecular formula is C15H24N2O2. The topological polar surface area (TPSA) is 43.4 Å². The summed E-state index contributed by atoms with van der Waals surface area (Å²) in [5.74, 6) is 1.50. The zero-order valence-corrected chi connectivity index (χ0v) is 11.8. The molecule has 0 aliphatic carbocycles. The Morgan fingerprint density at radius 3 is 3.00 bits per heavy atom. The molecule has 4 nitrogen and oxygen atoms in total. The van der Waals surface area contributed by atoms with Crippen LogP contribution in [-0.4, -0.2) is 36.9 Å². The zero-order chi connectivity index (χ0) is 13.5. The Bertz CT molecular complexity index is 356. The minimum Gasteiger partial charge on any atom is -0.489 e. The van der Waals surface area contributed by atoms with Crippen molar-refractivity contribution in [2.45, 2.75) is 38.9 Å². The fourth-order valence-electron chi connectivity index (χ4n) is 2.21. The third-order valence-corrected chi connectivity index (χ3v) is 3.19. The van der Waals surface area contributed by atoms with E-state index in [1.807, 2.05) is 12.1 Å². The number of nitrogens with one attached hydrogen (secondary N) is 1. The summed E-state index contributed by atoms with van der Waals surface area (Å²) < 4.78 is 11.6. The molecule has 19 heavy (non-hydrogen) atoms. The smallest absolute Gasteiger partial charge is 0.137 e. The highest BCUT2D eigenvalue weighted by atomic mass is 16.5. The zero-order valence-electron chi connectivity index (χ0n) is 11.8. The summed E-state index contributed by atoms with van der Waals surface area (Å²) >= 11 is 0. The molecule has 0 aromatic carbocycles. The third kappa shape index (κ3) is 5.17. The van der Waals surface area contributed by atoms with Crippen molar-refractivity contribution >= 4 is 0 Å². The van der Waals surface area contributed by atoms with Crippen molar-refractivity contribution in [1.29, 1.82) is 0 Å². The lowest BCUT2D eigenvalue weighted by Crippen LogP contribution is -2.30. The average Bonchev–Trinajstić information content (AvgIpc) is 2.85. The van der Waals surface area contributed by atoms with Gasteiger partial charge in [-0.05, 0) is 37.4 Å². The quantitative estimate of drug-likeness (QED) is 0.820. The van der Waals surface area contributed by atoms with E-state index >= 15 is 0 Å². The Morgan fingerprint density at radius 2 is 2.26 bits per heavy atom. The van der Waals surface area contributed by atoms with Crippen molar-refractivity contribution in [3.63, 3.8) is 0 Å². The Labute approximate surface area is 115 Å². The first-order chi connectivity index (χ1) is 9.24. The molecule has 1 fully saturated rings. The Morgan fingerprint density at radius 1 is 1.42 bits per heavy atom. The molecule has 0 bridgehead atoms. The normalized spacial score (nSPS) is 22.9. The van der Waals surface area contributed by atoms with Crippen LogP contribution in [0.5, 0.6) is 5.75 Å². The standard InChI is InChI=1S/C15H24N2O2/c1-12(2)8-17-10-14-5-6-15(19-14)11-18-13-4-3-7-16-9-13/h3-4,7,9,12,14-15,17H,5-6,8,10-11H2,1-2H3. The van der Waals surface area contributed by atoms with Gasteiger partial charge in [0.2, 0.25) is 0 Å². The molecule has 1 aliphatic heterocycles. The van der Waals surface area contributed by atoms with E-state index in [9.17, 15) is 0 Å². The molecule has 2 heterocycles. The van der Waals surface area contributed by atoms with E-state index in [1.54, 1.807) is 12.4 Å². The minimum absolute atomic E-state index is 0.214. The van der Waals surface area contributed by atoms with E-state index in [1.165, 1.54) is 0 Å². The van der Waals surface area contributed by atoms with Gasteiger partial charge >= 0.3 is 0 Å². The number of nitrogens with zero attached hydrogens (tertiary/aromatic N) is 1. The van der Waals surface area contributed by atoms with Crippen LogP contribution >= 0.6 is 0 Å². The van der Waals surface area contributed by atoms with Gasteiger partial charge in [0.05, 0.1) is 18.4 Å². The van der Waals surface area contributed by atoms with Crippen LogP contribution in [0.2, 0.25) is 0 Å². The van der Waals surface area contributed by atoms with Gasteiger partial charge in [0.15, 0.2) is 0 Å². The van der Waals surface area contributed by atoms with Gasteiger partial charge in [-0.2, -0.15) is 0 Å². The number of rotatable bonds is 7. The fourth-order valence-corrected chi connectivity index (χ4v) is 2.21. The molecule has 0 radical (unpaired) electrons. The van der Waals surface area contributed by atoms with Crippen LogP contribution in [0.1, 0.15) is 26.7 Å². The molecule has 1 aromatic heterocycles. The molecule has 4 heteroatoms. The SMILES string of the molecule is CC(C)CNCC1CCC(COc2cccnc2)O1. The van der Waals surface area contributed by atoms with E-state index in [2.05, 4.69) is 24.1 Å². The lowest BCUT2D eigenvalue weighted by Gasteiger charge is -2.15. The van der Waals surface area contributed by atoms with Gasteiger partial charge in [0.1, 0.15) is 12.4 Å². The highest BCUT2D eigenvalue weighted by molar-refractivity contribution is 5.15. The first kappa shape index (κ1) is 14.3. The van der Waals surface area contributed by atoms with Crippen molar-refractivity contribution in [1.82, 2.24) is 10.3 Å². The molecule has 1 saturated heterocycles. The Kier molecular flexibility index (Phi) is 5.61. The molecule has 1 aliphatic rings. The minimum atomic E-state index is 0.214. The number of aromatic nitrogens is 1. The molecule has 2 rings (SSSR count). The maximum absolute atomic E-state index is 5.96. The van der Waals surface area contributed by atoms with Crippen molar-refractivity contribution in [2.75, 3.05) is 19.7 Å². The van der Waals surface area contributed by atoms with Crippen LogP contribution in [0.15, 0.2) is 24.5 Å². The summed E-state index contributed by atoms with van der Waals surface area (Å²) in [5, 5.41) is 3.45. The van der Waals surface area contributed by atoms with E-state index in [4.69, 9.17) is 9.47 Å². The summed E-state index contributed by atoms with van der Waals surface area (Å²) in [7, 11) is 0. The van der Waals surface area contributed by atoms with Crippen molar-refractivity contribution in [3.05, 3.63) is 24.5 Å². The summed E-state index contributed by atoms with van der Waals surface area (Å²) in [6, 6.07) is 3.80. The summed E-state index contributed by atoms with van der Waals surface area (Å²) in [4.78, 5) is 4.03. The molecule has 1 N–H and O–H groups in total. The Hall–Kier alpha value is -1.13. The van der Waals surface area contributed by atoms with Crippen molar-refractivity contribution in [2.24, 2.45) is 5.92 Å². The molecule has 1 aromatic rings. The third-order valence-electron chi connectivity index (χ3n) is 3.19. The highest BCUT2D eigenvalue weighted by Crippen LogP contribution is 2.20. The predicted molar refractivity (Wildman–Crippen MR) is 75.3 cm³/mol. The second-order valence-electron chi connectivity index (χ2n) is 5.51. The van der Waals surface area contributed by atoms with Gasteiger partial charge in [-0.25, -0.2) is 0 Å². The predicted octanol–water partition coefficient (Wildman–Crippen LogP) is 2.25. The largest absolute Gasteiger partial charge is 0.489 e. The van der Waals surface area contributed by atoms with Gasteiger partial charge in [-0.3, -0.25) is 4.98 Å². The number of hydrogen-bond donors (Lipinski definition) is 1. The van der Waals surface area contributed by atoms with E-state index in [-0.39, 0.29) is 6.10 Å². The van der Waals surface area contributed by atoms with Gasteiger partial charge in [0.25, 0.3) is 0 Å². The maximum Gasteiger partial charge on any atom is 0.137 e. The van der Waals surface area contributed by atoms with E-state index < -0.39 is 0 Å². The van der Waals surface area contributed by atoms with Gasteiger partial charge in [-0.15, -0.1) is 0 Å². The molecule has 0 amide bonds. The van der Waals surface area contributed by atoms with Crippen LogP contribution in [-0.2, 0) is 4.74 Å². The second kappa shape index (κ2) is 7.46. The first-order valence-corrected chi connectivity index (χ1v) is 7.13. The van der Waals surface area contributed by atoms with E-state index in [0.717, 1.165) is 31.7 Å². The molecular weight excluding hydrogens is 240 g/mol. The number of pyridine rings is 1. The van der Waals surface area contributed by atoms with Crippen molar-refractivity contribution in [3.8, 4) is 5.75 Å². The van der Waals surface area contributed by atoms with Crippen molar-refractivity contribution < 1.29 is 9.47 Å². The molecule has 0 saturated carbocycles. The van der Waals surface area contributed by atoms with Gasteiger partial charge in [-0.1, -0.05) is 13.8 Å². The van der Waals surface area contributed by atoms with Crippen LogP contribution in [0.3, 0.4) is 0 Å². The lowest BCUT2D eigenvalue weighted by molar-refractivity contribution is 0.0183. The molecule has 2 atom stereocenters. The average molecular weight is 264 g/mol. The monoisotopic (exact) mass is 264 g/mol. The molecule has 2 unspecified atom stereocenters. The Balaban J connectivity index is 1.62. The van der Waals surface area contributed by atoms with Crippen LogP contribution < -0.4 is 10.1 Å². The maximum atomic E-state index is 5.96. The highest BCUT2D eigenvalue weighted by Gasteiger charge is 2.25. The summed E-state index contributed by atoms with van der Waals surface area (Å²) in [6.07, 6.45) is 6.22. The lowest BCUT2D eigenvalue weighted by atomic mass is 10.2.